The van der Waals surface area contributed by atoms with Crippen molar-refractivity contribution in [3.63, 3.8) is 0 Å². The van der Waals surface area contributed by atoms with Crippen LogP contribution in [0.15, 0.2) is 30.5 Å². The first-order valence-corrected chi connectivity index (χ1v) is 12.9. The van der Waals surface area contributed by atoms with E-state index in [1.54, 1.807) is 6.20 Å². The van der Waals surface area contributed by atoms with Gasteiger partial charge in [0.1, 0.15) is 5.56 Å². The van der Waals surface area contributed by atoms with Crippen LogP contribution in [-0.2, 0) is 20.8 Å². The first kappa shape index (κ1) is 25.4. The summed E-state index contributed by atoms with van der Waals surface area (Å²) in [4.78, 5) is 29.8. The van der Waals surface area contributed by atoms with E-state index in [9.17, 15) is 9.59 Å². The van der Waals surface area contributed by atoms with Crippen molar-refractivity contribution < 1.29 is 19.1 Å². The van der Waals surface area contributed by atoms with E-state index in [1.165, 1.54) is 5.56 Å². The number of carbonyl (C=O) groups excluding carboxylic acids is 2. The van der Waals surface area contributed by atoms with E-state index >= 15 is 0 Å². The molecule has 0 radical (unpaired) electrons. The van der Waals surface area contributed by atoms with Crippen molar-refractivity contribution in [1.29, 1.82) is 0 Å². The molecule has 190 valence electrons. The summed E-state index contributed by atoms with van der Waals surface area (Å²) in [5.74, 6) is -0.378. The van der Waals surface area contributed by atoms with E-state index in [0.29, 0.717) is 31.4 Å². The second-order valence-corrected chi connectivity index (χ2v) is 9.57. The average molecular weight is 483 g/mol. The highest BCUT2D eigenvalue weighted by atomic mass is 16.5. The van der Waals surface area contributed by atoms with Gasteiger partial charge in [-0.2, -0.15) is 5.10 Å². The summed E-state index contributed by atoms with van der Waals surface area (Å²) in [6.07, 6.45) is 5.69. The van der Waals surface area contributed by atoms with Crippen molar-refractivity contribution in [3.05, 3.63) is 47.3 Å². The van der Waals surface area contributed by atoms with E-state index in [0.717, 1.165) is 63.2 Å². The Bertz CT molecular complexity index is 995. The normalized spacial score (nSPS) is 20.0. The van der Waals surface area contributed by atoms with Crippen LogP contribution in [0.2, 0.25) is 0 Å². The minimum Gasteiger partial charge on any atom is -0.466 e. The molecule has 0 bridgehead atoms. The van der Waals surface area contributed by atoms with Gasteiger partial charge in [0.05, 0.1) is 36.7 Å². The van der Waals surface area contributed by atoms with Crippen LogP contribution < -0.4 is 0 Å². The Balaban J connectivity index is 1.43. The maximum Gasteiger partial charge on any atom is 0.341 e. The molecule has 2 saturated heterocycles. The number of benzene rings is 1. The number of hydrogen-bond donors (Lipinski definition) is 0. The number of aryl methyl sites for hydroxylation is 1. The van der Waals surface area contributed by atoms with Crippen LogP contribution in [0.3, 0.4) is 0 Å². The van der Waals surface area contributed by atoms with E-state index < -0.39 is 0 Å². The van der Waals surface area contributed by atoms with Crippen LogP contribution in [0, 0.1) is 12.8 Å². The van der Waals surface area contributed by atoms with Gasteiger partial charge in [0.15, 0.2) is 0 Å². The Morgan fingerprint density at radius 2 is 1.71 bits per heavy atom. The topological polar surface area (TPSA) is 76.9 Å². The first-order valence-electron chi connectivity index (χ1n) is 12.9. The van der Waals surface area contributed by atoms with Crippen molar-refractivity contribution in [3.8, 4) is 5.69 Å². The summed E-state index contributed by atoms with van der Waals surface area (Å²) in [5.41, 5.74) is 3.52. The molecule has 1 aromatic heterocycles. The number of hydrogen-bond acceptors (Lipinski definition) is 7. The highest BCUT2D eigenvalue weighted by Crippen LogP contribution is 2.26. The van der Waals surface area contributed by atoms with E-state index in [2.05, 4.69) is 34.0 Å². The monoisotopic (exact) mass is 482 g/mol. The molecule has 0 aliphatic carbocycles. The maximum absolute atomic E-state index is 12.7. The highest BCUT2D eigenvalue weighted by Gasteiger charge is 2.33. The maximum atomic E-state index is 12.7. The molecule has 2 aromatic rings. The molecule has 8 nitrogen and oxygen atoms in total. The molecule has 1 atom stereocenters. The first-order chi connectivity index (χ1) is 17.0. The highest BCUT2D eigenvalue weighted by molar-refractivity contribution is 5.90. The Labute approximate surface area is 208 Å². The molecular formula is C27H38N4O4. The Morgan fingerprint density at radius 1 is 1.00 bits per heavy atom. The quantitative estimate of drug-likeness (QED) is 0.532. The molecule has 0 N–H and O–H groups in total. The largest absolute Gasteiger partial charge is 0.466 e. The molecule has 0 saturated carbocycles. The molecule has 0 amide bonds. The number of rotatable bonds is 8. The molecule has 4 rings (SSSR count). The molecule has 2 aliphatic rings. The zero-order valence-corrected chi connectivity index (χ0v) is 21.2. The molecule has 8 heteroatoms. The Hall–Kier alpha value is -2.71. The number of nitrogens with zero attached hydrogens (tertiary/aromatic N) is 4. The van der Waals surface area contributed by atoms with Gasteiger partial charge in [-0.1, -0.05) is 17.7 Å². The minimum absolute atomic E-state index is 0.00211. The number of aromatic nitrogens is 2. The summed E-state index contributed by atoms with van der Waals surface area (Å²) in [6, 6.07) is 8.65. The molecular weight excluding hydrogens is 444 g/mol. The molecule has 0 spiro atoms. The van der Waals surface area contributed by atoms with Gasteiger partial charge in [0.2, 0.25) is 0 Å². The van der Waals surface area contributed by atoms with Crippen LogP contribution in [0.1, 0.15) is 61.1 Å². The molecule has 0 unspecified atom stereocenters. The van der Waals surface area contributed by atoms with Crippen LogP contribution >= 0.6 is 0 Å². The van der Waals surface area contributed by atoms with Crippen molar-refractivity contribution in [2.75, 3.05) is 39.4 Å². The zero-order valence-electron chi connectivity index (χ0n) is 21.2. The van der Waals surface area contributed by atoms with Gasteiger partial charge in [-0.05, 0) is 65.1 Å². The van der Waals surface area contributed by atoms with Gasteiger partial charge in [-0.15, -0.1) is 0 Å². The lowest BCUT2D eigenvalue weighted by molar-refractivity contribution is -0.150. The van der Waals surface area contributed by atoms with Crippen molar-refractivity contribution in [2.45, 2.75) is 59.0 Å². The lowest BCUT2D eigenvalue weighted by Crippen LogP contribution is -2.49. The number of piperidine rings is 2. The molecule has 3 heterocycles. The smallest absolute Gasteiger partial charge is 0.341 e. The third-order valence-corrected chi connectivity index (χ3v) is 7.16. The van der Waals surface area contributed by atoms with Crippen LogP contribution in [0.5, 0.6) is 0 Å². The number of likely N-dealkylation sites (tertiary alicyclic amines) is 2. The Morgan fingerprint density at radius 3 is 2.40 bits per heavy atom. The average Bonchev–Trinajstić information content (AvgIpc) is 3.29. The van der Waals surface area contributed by atoms with Gasteiger partial charge < -0.3 is 9.47 Å². The number of carbonyl (C=O) groups is 2. The van der Waals surface area contributed by atoms with Gasteiger partial charge in [0, 0.05) is 32.2 Å². The lowest BCUT2D eigenvalue weighted by atomic mass is 9.94. The van der Waals surface area contributed by atoms with E-state index in [4.69, 9.17) is 9.47 Å². The summed E-state index contributed by atoms with van der Waals surface area (Å²) < 4.78 is 12.5. The second kappa shape index (κ2) is 11.8. The molecule has 35 heavy (non-hydrogen) atoms. The van der Waals surface area contributed by atoms with Crippen molar-refractivity contribution in [2.24, 2.45) is 5.92 Å². The van der Waals surface area contributed by atoms with Gasteiger partial charge in [-0.25, -0.2) is 9.48 Å². The fourth-order valence-electron chi connectivity index (χ4n) is 5.26. The van der Waals surface area contributed by atoms with Gasteiger partial charge >= 0.3 is 11.9 Å². The number of ether oxygens (including phenoxy) is 2. The Kier molecular flexibility index (Phi) is 8.57. The summed E-state index contributed by atoms with van der Waals surface area (Å²) in [6.45, 7) is 10.9. The SMILES string of the molecule is CCOC(=O)c1cnn(-c2ccc(C)cc2)c1CN1CCC(N2CCC[C@H](C(=O)OCC)C2)CC1. The summed E-state index contributed by atoms with van der Waals surface area (Å²) >= 11 is 0. The fourth-order valence-corrected chi connectivity index (χ4v) is 5.26. The standard InChI is InChI=1S/C27H38N4O4/c1-4-34-26(32)21-7-6-14-30(18-21)22-12-15-29(16-13-22)19-25-24(27(33)35-5-2)17-28-31(25)23-10-8-20(3)9-11-23/h8-11,17,21-22H,4-7,12-16,18-19H2,1-3H3/t21-/m0/s1. The summed E-state index contributed by atoms with van der Waals surface area (Å²) in [5, 5.41) is 4.55. The number of esters is 2. The molecule has 1 aromatic carbocycles. The molecule has 2 aliphatic heterocycles. The van der Waals surface area contributed by atoms with Crippen LogP contribution in [0.25, 0.3) is 5.69 Å². The van der Waals surface area contributed by atoms with Gasteiger partial charge in [-0.3, -0.25) is 14.6 Å². The predicted octanol–water partition coefficient (Wildman–Crippen LogP) is 3.60. The van der Waals surface area contributed by atoms with E-state index in [1.807, 2.05) is 30.7 Å². The van der Waals surface area contributed by atoms with Crippen molar-refractivity contribution >= 4 is 11.9 Å². The van der Waals surface area contributed by atoms with Crippen LogP contribution in [0.4, 0.5) is 0 Å². The minimum atomic E-state index is -0.325. The lowest BCUT2D eigenvalue weighted by Gasteiger charge is -2.41. The fraction of sp³-hybridized carbons (Fsp3) is 0.593. The zero-order chi connectivity index (χ0) is 24.8. The van der Waals surface area contributed by atoms with Crippen molar-refractivity contribution in [1.82, 2.24) is 19.6 Å². The molecule has 2 fully saturated rings. The third-order valence-electron chi connectivity index (χ3n) is 7.16. The van der Waals surface area contributed by atoms with E-state index in [-0.39, 0.29) is 17.9 Å². The van der Waals surface area contributed by atoms with Gasteiger partial charge in [0.25, 0.3) is 0 Å². The third kappa shape index (κ3) is 6.11. The van der Waals surface area contributed by atoms with Crippen LogP contribution in [-0.4, -0.2) is 77.0 Å². The second-order valence-electron chi connectivity index (χ2n) is 9.57. The summed E-state index contributed by atoms with van der Waals surface area (Å²) in [7, 11) is 0. The predicted molar refractivity (Wildman–Crippen MR) is 133 cm³/mol.